The van der Waals surface area contributed by atoms with Gasteiger partial charge in [-0.3, -0.25) is 13.9 Å². The van der Waals surface area contributed by atoms with Crippen molar-refractivity contribution >= 4 is 50.7 Å². The minimum absolute atomic E-state index is 0.00231. The number of nitrogens with zero attached hydrogens (tertiary/aromatic N) is 2. The quantitative estimate of drug-likeness (QED) is 0.404. The molecule has 0 heterocycles. The molecular formula is C26H32Cl2FN3O4S. The summed E-state index contributed by atoms with van der Waals surface area (Å²) in [4.78, 5) is 27.8. The molecule has 3 rings (SSSR count). The summed E-state index contributed by atoms with van der Waals surface area (Å²) in [5.41, 5.74) is 0.912. The number of nitrogens with one attached hydrogen (secondary N) is 1. The minimum atomic E-state index is -3.71. The summed E-state index contributed by atoms with van der Waals surface area (Å²) in [7, 11) is -3.71. The van der Waals surface area contributed by atoms with Gasteiger partial charge in [0.15, 0.2) is 0 Å². The van der Waals surface area contributed by atoms with Crippen LogP contribution in [0.2, 0.25) is 10.0 Å². The van der Waals surface area contributed by atoms with Crippen molar-refractivity contribution < 1.29 is 22.4 Å². The van der Waals surface area contributed by atoms with Crippen molar-refractivity contribution in [3.8, 4) is 0 Å². The van der Waals surface area contributed by atoms with Gasteiger partial charge in [0.05, 0.1) is 17.0 Å². The highest BCUT2D eigenvalue weighted by molar-refractivity contribution is 7.92. The van der Waals surface area contributed by atoms with Crippen LogP contribution in [0.15, 0.2) is 42.5 Å². The molecule has 11 heteroatoms. The summed E-state index contributed by atoms with van der Waals surface area (Å²) in [6, 6.07) is 9.63. The Morgan fingerprint density at radius 2 is 1.76 bits per heavy atom. The molecule has 2 aromatic carbocycles. The Bertz CT molecular complexity index is 1200. The molecule has 1 aliphatic rings. The first kappa shape index (κ1) is 29.2. The second kappa shape index (κ2) is 12.9. The Morgan fingerprint density at radius 1 is 1.11 bits per heavy atom. The Morgan fingerprint density at radius 3 is 2.38 bits per heavy atom. The van der Waals surface area contributed by atoms with Gasteiger partial charge in [0, 0.05) is 30.6 Å². The van der Waals surface area contributed by atoms with E-state index in [1.807, 2.05) is 0 Å². The van der Waals surface area contributed by atoms with Crippen molar-refractivity contribution in [2.45, 2.75) is 64.1 Å². The molecule has 1 aliphatic carbocycles. The van der Waals surface area contributed by atoms with E-state index in [0.717, 1.165) is 36.2 Å². The number of anilines is 1. The number of benzene rings is 2. The van der Waals surface area contributed by atoms with Gasteiger partial charge >= 0.3 is 0 Å². The van der Waals surface area contributed by atoms with E-state index in [0.29, 0.717) is 10.6 Å². The van der Waals surface area contributed by atoms with E-state index >= 15 is 0 Å². The summed E-state index contributed by atoms with van der Waals surface area (Å²) < 4.78 is 39.5. The van der Waals surface area contributed by atoms with E-state index in [4.69, 9.17) is 23.2 Å². The second-order valence-corrected chi connectivity index (χ2v) is 12.1. The SMILES string of the molecule is C[C@H](C(=O)NC1CCCC1)N(Cc1ccc(F)cc1)C(=O)CCCN(c1cc(Cl)ccc1Cl)S(C)(=O)=O. The van der Waals surface area contributed by atoms with Crippen LogP contribution in [0.4, 0.5) is 10.1 Å². The van der Waals surface area contributed by atoms with Crippen LogP contribution in [0.3, 0.4) is 0 Å². The van der Waals surface area contributed by atoms with Gasteiger partial charge in [-0.15, -0.1) is 0 Å². The average Bonchev–Trinajstić information content (AvgIpc) is 3.35. The maximum atomic E-state index is 13.4. The van der Waals surface area contributed by atoms with Crippen molar-refractivity contribution in [2.24, 2.45) is 0 Å². The fourth-order valence-electron chi connectivity index (χ4n) is 4.42. The normalized spacial score (nSPS) is 14.8. The van der Waals surface area contributed by atoms with Gasteiger partial charge in [-0.2, -0.15) is 0 Å². The molecule has 0 bridgehead atoms. The molecule has 2 amide bonds. The lowest BCUT2D eigenvalue weighted by atomic mass is 10.1. The molecule has 0 saturated heterocycles. The zero-order valence-corrected chi connectivity index (χ0v) is 23.3. The molecular weight excluding hydrogens is 540 g/mol. The van der Waals surface area contributed by atoms with E-state index in [1.54, 1.807) is 25.1 Å². The zero-order valence-electron chi connectivity index (χ0n) is 20.9. The highest BCUT2D eigenvalue weighted by Gasteiger charge is 2.29. The van der Waals surface area contributed by atoms with Crippen LogP contribution >= 0.6 is 23.2 Å². The highest BCUT2D eigenvalue weighted by Crippen LogP contribution is 2.31. The van der Waals surface area contributed by atoms with Crippen LogP contribution in [-0.2, 0) is 26.2 Å². The van der Waals surface area contributed by atoms with Crippen LogP contribution < -0.4 is 9.62 Å². The fraction of sp³-hybridized carbons (Fsp3) is 0.462. The molecule has 7 nitrogen and oxygen atoms in total. The van der Waals surface area contributed by atoms with Gasteiger partial charge in [0.2, 0.25) is 21.8 Å². The standard InChI is InChI=1S/C26H32Cl2FN3O4S/c1-18(26(34)30-22-6-3-4-7-22)31(17-19-9-12-21(29)13-10-19)25(33)8-5-15-32(37(2,35)36)24-16-20(27)11-14-23(24)28/h9-14,16,18,22H,3-8,15,17H2,1-2H3,(H,30,34)/t18-/m1/s1. The lowest BCUT2D eigenvalue weighted by molar-refractivity contribution is -0.141. The van der Waals surface area contributed by atoms with E-state index in [1.165, 1.54) is 29.2 Å². The topological polar surface area (TPSA) is 86.8 Å². The third-order valence-electron chi connectivity index (χ3n) is 6.46. The van der Waals surface area contributed by atoms with Crippen LogP contribution in [-0.4, -0.2) is 50.0 Å². The van der Waals surface area contributed by atoms with Crippen LogP contribution in [0.25, 0.3) is 0 Å². The summed E-state index contributed by atoms with van der Waals surface area (Å²) in [5.74, 6) is -0.955. The van der Waals surface area contributed by atoms with Crippen molar-refractivity contribution in [3.63, 3.8) is 0 Å². The molecule has 202 valence electrons. The van der Waals surface area contributed by atoms with Gasteiger partial charge in [0.1, 0.15) is 11.9 Å². The molecule has 0 aromatic heterocycles. The molecule has 0 spiro atoms. The number of hydrogen-bond donors (Lipinski definition) is 1. The van der Waals surface area contributed by atoms with Gasteiger partial charge in [-0.05, 0) is 62.1 Å². The second-order valence-electron chi connectivity index (χ2n) is 9.35. The molecule has 1 N–H and O–H groups in total. The van der Waals surface area contributed by atoms with Crippen LogP contribution in [0, 0.1) is 5.82 Å². The summed E-state index contributed by atoms with van der Waals surface area (Å²) in [5, 5.41) is 3.58. The maximum Gasteiger partial charge on any atom is 0.242 e. The van der Waals surface area contributed by atoms with Gasteiger partial charge < -0.3 is 10.2 Å². The van der Waals surface area contributed by atoms with Crippen molar-refractivity contribution in [3.05, 3.63) is 63.9 Å². The molecule has 1 saturated carbocycles. The van der Waals surface area contributed by atoms with Crippen LogP contribution in [0.1, 0.15) is 51.0 Å². The smallest absolute Gasteiger partial charge is 0.242 e. The van der Waals surface area contributed by atoms with Gasteiger partial charge in [-0.25, -0.2) is 12.8 Å². The Balaban J connectivity index is 1.73. The summed E-state index contributed by atoms with van der Waals surface area (Å²) in [6.07, 6.45) is 5.19. The molecule has 37 heavy (non-hydrogen) atoms. The van der Waals surface area contributed by atoms with Crippen molar-refractivity contribution in [1.82, 2.24) is 10.2 Å². The fourth-order valence-corrected chi connectivity index (χ4v) is 5.83. The van der Waals surface area contributed by atoms with E-state index in [-0.39, 0.29) is 54.5 Å². The van der Waals surface area contributed by atoms with Crippen LogP contribution in [0.5, 0.6) is 0 Å². The molecule has 0 aliphatic heterocycles. The summed E-state index contributed by atoms with van der Waals surface area (Å²) in [6.45, 7) is 1.78. The predicted octanol–water partition coefficient (Wildman–Crippen LogP) is 5.15. The first-order chi connectivity index (χ1) is 17.5. The van der Waals surface area contributed by atoms with Crippen molar-refractivity contribution in [1.29, 1.82) is 0 Å². The largest absolute Gasteiger partial charge is 0.352 e. The maximum absolute atomic E-state index is 13.4. The molecule has 0 radical (unpaired) electrons. The van der Waals surface area contributed by atoms with E-state index < -0.39 is 21.9 Å². The highest BCUT2D eigenvalue weighted by atomic mass is 35.5. The Labute approximate surface area is 228 Å². The molecule has 0 unspecified atom stereocenters. The third kappa shape index (κ3) is 8.32. The molecule has 1 fully saturated rings. The first-order valence-corrected chi connectivity index (χ1v) is 14.8. The monoisotopic (exact) mass is 571 g/mol. The van der Waals surface area contributed by atoms with E-state index in [9.17, 15) is 22.4 Å². The lowest BCUT2D eigenvalue weighted by Crippen LogP contribution is -2.49. The van der Waals surface area contributed by atoms with E-state index in [2.05, 4.69) is 5.32 Å². The van der Waals surface area contributed by atoms with Crippen molar-refractivity contribution in [2.75, 3.05) is 17.1 Å². The number of rotatable bonds is 11. The average molecular weight is 573 g/mol. The number of halogens is 3. The minimum Gasteiger partial charge on any atom is -0.352 e. The summed E-state index contributed by atoms with van der Waals surface area (Å²) >= 11 is 12.3. The third-order valence-corrected chi connectivity index (χ3v) is 8.20. The number of carbonyl (C=O) groups is 2. The molecule has 1 atom stereocenters. The number of sulfonamides is 1. The molecule has 2 aromatic rings. The Hall–Kier alpha value is -2.36. The number of carbonyl (C=O) groups excluding carboxylic acids is 2. The number of hydrogen-bond acceptors (Lipinski definition) is 4. The predicted molar refractivity (Wildman–Crippen MR) is 145 cm³/mol. The lowest BCUT2D eigenvalue weighted by Gasteiger charge is -2.30. The number of amides is 2. The first-order valence-electron chi connectivity index (χ1n) is 12.2. The Kier molecular flexibility index (Phi) is 10.2. The van der Waals surface area contributed by atoms with Gasteiger partial charge in [0.25, 0.3) is 0 Å². The zero-order chi connectivity index (χ0) is 27.2. The van der Waals surface area contributed by atoms with Gasteiger partial charge in [-0.1, -0.05) is 48.2 Å².